The van der Waals surface area contributed by atoms with Crippen LogP contribution in [0.15, 0.2) is 54.6 Å². The number of anilines is 1. The van der Waals surface area contributed by atoms with Gasteiger partial charge in [-0.15, -0.1) is 0 Å². The maximum atomic E-state index is 10.7. The lowest BCUT2D eigenvalue weighted by atomic mass is 9.68. The summed E-state index contributed by atoms with van der Waals surface area (Å²) < 4.78 is 0. The maximum absolute atomic E-state index is 10.7. The number of carbonyl (C=O) groups excluding carboxylic acids is 1. The summed E-state index contributed by atoms with van der Waals surface area (Å²) in [6, 6.07) is 19.0. The lowest BCUT2D eigenvalue weighted by Gasteiger charge is -2.45. The largest absolute Gasteiger partial charge is 0.329 e. The van der Waals surface area contributed by atoms with Gasteiger partial charge in [0.15, 0.2) is 0 Å². The number of rotatable bonds is 5. The fourth-order valence-corrected chi connectivity index (χ4v) is 3.76. The number of benzene rings is 2. The predicted octanol–water partition coefficient (Wildman–Crippen LogP) is 4.05. The molecule has 1 aliphatic rings. The molecule has 0 radical (unpaired) electrons. The van der Waals surface area contributed by atoms with Crippen molar-refractivity contribution in [3.05, 3.63) is 65.7 Å². The molecular weight excluding hydrogens is 296 g/mol. The molecule has 1 heterocycles. The third-order valence-electron chi connectivity index (χ3n) is 5.56. The molecule has 1 fully saturated rings. The van der Waals surface area contributed by atoms with Crippen LogP contribution in [-0.4, -0.2) is 24.4 Å². The Morgan fingerprint density at radius 1 is 1.21 bits per heavy atom. The van der Waals surface area contributed by atoms with Gasteiger partial charge in [-0.1, -0.05) is 56.3 Å². The molecule has 1 N–H and O–H groups in total. The molecule has 0 saturated carbocycles. The van der Waals surface area contributed by atoms with Gasteiger partial charge in [-0.2, -0.15) is 0 Å². The number of nitrogens with one attached hydrogen (secondary N) is 1. The number of piperidine rings is 1. The number of likely N-dealkylation sites (tertiary alicyclic amines) is 1. The second-order valence-corrected chi connectivity index (χ2v) is 7.13. The summed E-state index contributed by atoms with van der Waals surface area (Å²) in [5.41, 5.74) is 3.72. The van der Waals surface area contributed by atoms with Crippen LogP contribution in [0, 0.1) is 5.92 Å². The number of hydrogen-bond acceptors (Lipinski definition) is 2. The quantitative estimate of drug-likeness (QED) is 0.842. The highest BCUT2D eigenvalue weighted by Gasteiger charge is 2.37. The monoisotopic (exact) mass is 322 g/mol. The summed E-state index contributed by atoms with van der Waals surface area (Å²) in [5, 5.41) is 2.77. The molecule has 0 unspecified atom stereocenters. The van der Waals surface area contributed by atoms with Crippen LogP contribution in [0.4, 0.5) is 5.69 Å². The van der Waals surface area contributed by atoms with Crippen molar-refractivity contribution in [1.29, 1.82) is 0 Å². The Hall–Kier alpha value is -2.13. The fraction of sp³-hybridized carbons (Fsp3) is 0.381. The van der Waals surface area contributed by atoms with Crippen molar-refractivity contribution in [2.75, 3.05) is 18.4 Å². The first kappa shape index (κ1) is 16.7. The van der Waals surface area contributed by atoms with Gasteiger partial charge in [-0.25, -0.2) is 0 Å². The van der Waals surface area contributed by atoms with Gasteiger partial charge in [-0.05, 0) is 47.6 Å². The van der Waals surface area contributed by atoms with E-state index in [0.29, 0.717) is 5.92 Å². The lowest BCUT2D eigenvalue weighted by Crippen LogP contribution is -2.46. The normalized spacial score (nSPS) is 24.5. The van der Waals surface area contributed by atoms with E-state index in [-0.39, 0.29) is 5.41 Å². The average Bonchev–Trinajstić information content (AvgIpc) is 2.60. The van der Waals surface area contributed by atoms with Crippen molar-refractivity contribution in [2.24, 2.45) is 5.92 Å². The molecule has 0 aromatic heterocycles. The second kappa shape index (κ2) is 7.18. The van der Waals surface area contributed by atoms with Gasteiger partial charge in [0.2, 0.25) is 6.41 Å². The Labute approximate surface area is 144 Å². The molecule has 0 spiro atoms. The van der Waals surface area contributed by atoms with Gasteiger partial charge in [0.05, 0.1) is 0 Å². The average molecular weight is 322 g/mol. The summed E-state index contributed by atoms with van der Waals surface area (Å²) in [6.07, 6.45) is 1.87. The summed E-state index contributed by atoms with van der Waals surface area (Å²) >= 11 is 0. The topological polar surface area (TPSA) is 32.3 Å². The summed E-state index contributed by atoms with van der Waals surface area (Å²) in [4.78, 5) is 13.3. The first-order valence-corrected chi connectivity index (χ1v) is 8.69. The van der Waals surface area contributed by atoms with Crippen molar-refractivity contribution < 1.29 is 4.79 Å². The molecule has 3 heteroatoms. The van der Waals surface area contributed by atoms with Crippen LogP contribution in [-0.2, 0) is 16.8 Å². The third kappa shape index (κ3) is 3.51. The molecule has 1 amide bonds. The van der Waals surface area contributed by atoms with Gasteiger partial charge in [-0.3, -0.25) is 9.69 Å². The molecule has 0 aliphatic carbocycles. The van der Waals surface area contributed by atoms with Crippen molar-refractivity contribution in [2.45, 2.75) is 32.2 Å². The van der Waals surface area contributed by atoms with Crippen molar-refractivity contribution in [3.8, 4) is 0 Å². The zero-order valence-corrected chi connectivity index (χ0v) is 14.5. The zero-order chi connectivity index (χ0) is 17.0. The van der Waals surface area contributed by atoms with Crippen LogP contribution < -0.4 is 5.32 Å². The van der Waals surface area contributed by atoms with Crippen LogP contribution in [0.5, 0.6) is 0 Å². The number of amides is 1. The predicted molar refractivity (Wildman–Crippen MR) is 99.0 cm³/mol. The van der Waals surface area contributed by atoms with Gasteiger partial charge in [0, 0.05) is 18.8 Å². The number of carbonyl (C=O) groups is 1. The molecule has 1 aliphatic heterocycles. The van der Waals surface area contributed by atoms with E-state index >= 15 is 0 Å². The second-order valence-electron chi connectivity index (χ2n) is 7.13. The van der Waals surface area contributed by atoms with E-state index in [2.05, 4.69) is 66.5 Å². The minimum absolute atomic E-state index is 0.147. The van der Waals surface area contributed by atoms with E-state index in [1.54, 1.807) is 0 Å². The van der Waals surface area contributed by atoms with Crippen LogP contribution in [0.2, 0.25) is 0 Å². The van der Waals surface area contributed by atoms with Gasteiger partial charge < -0.3 is 5.32 Å². The van der Waals surface area contributed by atoms with E-state index in [9.17, 15) is 4.79 Å². The molecule has 1 saturated heterocycles. The van der Waals surface area contributed by atoms with E-state index in [1.165, 1.54) is 11.1 Å². The van der Waals surface area contributed by atoms with Crippen molar-refractivity contribution in [3.63, 3.8) is 0 Å². The van der Waals surface area contributed by atoms with Gasteiger partial charge in [0.25, 0.3) is 0 Å². The van der Waals surface area contributed by atoms with Crippen LogP contribution in [0.1, 0.15) is 31.4 Å². The summed E-state index contributed by atoms with van der Waals surface area (Å²) in [7, 11) is 0. The first-order chi connectivity index (χ1) is 11.6. The van der Waals surface area contributed by atoms with E-state index in [1.807, 2.05) is 12.1 Å². The van der Waals surface area contributed by atoms with Crippen LogP contribution in [0.25, 0.3) is 0 Å². The Bertz CT molecular complexity index is 685. The first-order valence-electron chi connectivity index (χ1n) is 8.69. The van der Waals surface area contributed by atoms with Crippen molar-refractivity contribution in [1.82, 2.24) is 4.90 Å². The van der Waals surface area contributed by atoms with Crippen molar-refractivity contribution >= 4 is 12.1 Å². The fourth-order valence-electron chi connectivity index (χ4n) is 3.76. The molecule has 2 atom stereocenters. The highest BCUT2D eigenvalue weighted by Crippen LogP contribution is 2.40. The van der Waals surface area contributed by atoms with E-state index < -0.39 is 0 Å². The molecule has 2 aromatic rings. The van der Waals surface area contributed by atoms with Crippen LogP contribution >= 0.6 is 0 Å². The molecule has 3 nitrogen and oxygen atoms in total. The third-order valence-corrected chi connectivity index (χ3v) is 5.56. The van der Waals surface area contributed by atoms with Gasteiger partial charge in [0.1, 0.15) is 0 Å². The molecular formula is C21H26N2O. The van der Waals surface area contributed by atoms with Gasteiger partial charge >= 0.3 is 0 Å². The molecule has 24 heavy (non-hydrogen) atoms. The highest BCUT2D eigenvalue weighted by molar-refractivity contribution is 5.71. The van der Waals surface area contributed by atoms with E-state index in [4.69, 9.17) is 0 Å². The summed E-state index contributed by atoms with van der Waals surface area (Å²) in [6.45, 7) is 7.92. The molecule has 126 valence electrons. The highest BCUT2D eigenvalue weighted by atomic mass is 16.1. The standard InChI is InChI=1S/C21H26N2O/c1-17-14-23(15-18-7-4-3-5-8-18)12-11-21(17,2)19-9-6-10-20(13-19)22-16-24/h3-10,13,16-17H,11-12,14-15H2,1-2H3,(H,22,24)/t17-,21-/m0/s1. The Balaban J connectivity index is 1.72. The number of hydrogen-bond donors (Lipinski definition) is 1. The zero-order valence-electron chi connectivity index (χ0n) is 14.5. The maximum Gasteiger partial charge on any atom is 0.211 e. The molecule has 3 rings (SSSR count). The summed E-state index contributed by atoms with van der Waals surface area (Å²) in [5.74, 6) is 0.557. The Morgan fingerprint density at radius 2 is 2.00 bits per heavy atom. The Morgan fingerprint density at radius 3 is 2.71 bits per heavy atom. The SMILES string of the molecule is C[C@H]1CN(Cc2ccccc2)CC[C@]1(C)c1cccc(NC=O)c1. The smallest absolute Gasteiger partial charge is 0.211 e. The number of nitrogens with zero attached hydrogens (tertiary/aromatic N) is 1. The van der Waals surface area contributed by atoms with Crippen LogP contribution in [0.3, 0.4) is 0 Å². The Kier molecular flexibility index (Phi) is 5.00. The molecule has 2 aromatic carbocycles. The van der Waals surface area contributed by atoms with E-state index in [0.717, 1.165) is 38.2 Å². The molecule has 0 bridgehead atoms. The minimum atomic E-state index is 0.147. The lowest BCUT2D eigenvalue weighted by molar-refractivity contribution is -0.105. The minimum Gasteiger partial charge on any atom is -0.329 e.